The van der Waals surface area contributed by atoms with Crippen molar-refractivity contribution in [2.45, 2.75) is 45.7 Å². The van der Waals surface area contributed by atoms with E-state index in [0.29, 0.717) is 29.0 Å². The average molecular weight is 542 g/mol. The van der Waals surface area contributed by atoms with Crippen molar-refractivity contribution in [1.82, 2.24) is 29.7 Å². The number of nitrogens with zero attached hydrogens (tertiary/aromatic N) is 4. The molecule has 3 aromatic rings. The predicted molar refractivity (Wildman–Crippen MR) is 143 cm³/mol. The van der Waals surface area contributed by atoms with Gasteiger partial charge in [-0.15, -0.1) is 0 Å². The lowest BCUT2D eigenvalue weighted by molar-refractivity contribution is -0.123. The molecule has 0 aliphatic rings. The summed E-state index contributed by atoms with van der Waals surface area (Å²) in [7, 11) is 3.19. The Morgan fingerprint density at radius 3 is 2.69 bits per heavy atom. The van der Waals surface area contributed by atoms with Crippen LogP contribution in [0.15, 0.2) is 41.5 Å². The Kier molecular flexibility index (Phi) is 9.52. The number of aromatic nitrogens is 4. The fourth-order valence-electron chi connectivity index (χ4n) is 3.87. The second-order valence-corrected chi connectivity index (χ2v) is 9.62. The summed E-state index contributed by atoms with van der Waals surface area (Å²) >= 11 is 0. The van der Waals surface area contributed by atoms with Crippen molar-refractivity contribution in [2.75, 3.05) is 19.4 Å². The zero-order chi connectivity index (χ0) is 28.7. The summed E-state index contributed by atoms with van der Waals surface area (Å²) in [6, 6.07) is 1.79. The van der Waals surface area contributed by atoms with Gasteiger partial charge in [-0.2, -0.15) is 0 Å². The first kappa shape index (κ1) is 29.0. The molecular formula is C26H32FN7O5. The van der Waals surface area contributed by atoms with E-state index >= 15 is 0 Å². The quantitative estimate of drug-likeness (QED) is 0.271. The van der Waals surface area contributed by atoms with Crippen LogP contribution in [0, 0.1) is 11.7 Å². The number of allylic oxidation sites excluding steroid dienone is 1. The Balaban J connectivity index is 1.77. The second kappa shape index (κ2) is 12.8. The smallest absolute Gasteiger partial charge is 0.405 e. The molecule has 3 amide bonds. The van der Waals surface area contributed by atoms with Gasteiger partial charge in [0, 0.05) is 25.9 Å². The molecule has 13 heteroatoms. The van der Waals surface area contributed by atoms with E-state index in [4.69, 9.17) is 5.11 Å². The van der Waals surface area contributed by atoms with E-state index in [1.807, 2.05) is 13.8 Å². The molecule has 1 atom stereocenters. The van der Waals surface area contributed by atoms with E-state index in [1.54, 1.807) is 26.2 Å². The van der Waals surface area contributed by atoms with Crippen LogP contribution >= 0.6 is 0 Å². The molecule has 0 bridgehead atoms. The van der Waals surface area contributed by atoms with Crippen molar-refractivity contribution in [3.8, 4) is 0 Å². The minimum absolute atomic E-state index is 0.00312. The lowest BCUT2D eigenvalue weighted by Crippen LogP contribution is -2.44. The highest BCUT2D eigenvalue weighted by Crippen LogP contribution is 2.21. The Morgan fingerprint density at radius 2 is 2.03 bits per heavy atom. The lowest BCUT2D eigenvalue weighted by Gasteiger charge is -2.16. The van der Waals surface area contributed by atoms with Crippen LogP contribution in [0.3, 0.4) is 0 Å². The van der Waals surface area contributed by atoms with Gasteiger partial charge in [0.05, 0.1) is 18.3 Å². The fraction of sp³-hybridized carbons (Fsp3) is 0.385. The fourth-order valence-corrected chi connectivity index (χ4v) is 3.87. The second-order valence-electron chi connectivity index (χ2n) is 9.62. The first-order valence-corrected chi connectivity index (χ1v) is 12.4. The number of aromatic amines is 1. The zero-order valence-electron chi connectivity index (χ0n) is 22.2. The van der Waals surface area contributed by atoms with E-state index in [0.717, 1.165) is 6.20 Å². The van der Waals surface area contributed by atoms with Crippen LogP contribution < -0.4 is 16.2 Å². The van der Waals surface area contributed by atoms with Crippen LogP contribution in [-0.2, 0) is 22.6 Å². The predicted octanol–water partition coefficient (Wildman–Crippen LogP) is 2.50. The first-order chi connectivity index (χ1) is 18.5. The number of H-pyrrole nitrogens is 1. The van der Waals surface area contributed by atoms with E-state index < -0.39 is 29.4 Å². The van der Waals surface area contributed by atoms with Crippen molar-refractivity contribution < 1.29 is 23.9 Å². The molecule has 208 valence electrons. The molecule has 4 N–H and O–H groups in total. The standard InChI is InChI=1S/C26H32FN7O5/c1-15(2)12-16-17(27)13-28-23-22(16)31-20(32-23)14-34-11-7-9-19(25(34)37)29-24(36)18(30-26(38)39)8-5-6-10-21(35)33(3)4/h6-7,9-11,13,15,18,30H,5,8,12,14H2,1-4H3,(H,29,36)(H,38,39)(H,28,31,32). The van der Waals surface area contributed by atoms with Gasteiger partial charge in [-0.3, -0.25) is 14.4 Å². The number of anilines is 1. The number of carboxylic acid groups (broad SMARTS) is 1. The molecule has 3 heterocycles. The minimum Gasteiger partial charge on any atom is -0.465 e. The molecule has 3 rings (SSSR count). The highest BCUT2D eigenvalue weighted by molar-refractivity contribution is 5.96. The van der Waals surface area contributed by atoms with Crippen LogP contribution in [0.4, 0.5) is 14.9 Å². The summed E-state index contributed by atoms with van der Waals surface area (Å²) < 4.78 is 15.7. The first-order valence-electron chi connectivity index (χ1n) is 12.4. The van der Waals surface area contributed by atoms with E-state index in [1.165, 1.54) is 27.8 Å². The van der Waals surface area contributed by atoms with Crippen LogP contribution in [0.1, 0.15) is 38.1 Å². The number of fused-ring (bicyclic) bond motifs is 1. The molecule has 0 radical (unpaired) electrons. The van der Waals surface area contributed by atoms with Gasteiger partial charge in [0.1, 0.15) is 23.4 Å². The van der Waals surface area contributed by atoms with Crippen LogP contribution in [-0.4, -0.2) is 67.6 Å². The molecule has 3 aromatic heterocycles. The van der Waals surface area contributed by atoms with Crippen molar-refractivity contribution in [2.24, 2.45) is 5.92 Å². The average Bonchev–Trinajstić information content (AvgIpc) is 3.27. The zero-order valence-corrected chi connectivity index (χ0v) is 22.2. The normalized spacial score (nSPS) is 12.2. The maximum Gasteiger partial charge on any atom is 0.405 e. The Bertz CT molecular complexity index is 1440. The van der Waals surface area contributed by atoms with Crippen molar-refractivity contribution in [3.05, 3.63) is 64.2 Å². The minimum atomic E-state index is -1.40. The summed E-state index contributed by atoms with van der Waals surface area (Å²) in [4.78, 5) is 61.6. The van der Waals surface area contributed by atoms with Gasteiger partial charge in [0.15, 0.2) is 5.65 Å². The number of imidazole rings is 1. The molecule has 0 spiro atoms. The van der Waals surface area contributed by atoms with E-state index in [9.17, 15) is 23.6 Å². The number of amides is 3. The number of nitrogens with one attached hydrogen (secondary N) is 3. The summed E-state index contributed by atoms with van der Waals surface area (Å²) in [5, 5.41) is 13.8. The summed E-state index contributed by atoms with van der Waals surface area (Å²) in [5.74, 6) is -0.814. The largest absolute Gasteiger partial charge is 0.465 e. The van der Waals surface area contributed by atoms with Crippen LogP contribution in [0.5, 0.6) is 0 Å². The molecule has 1 unspecified atom stereocenters. The molecular weight excluding hydrogens is 509 g/mol. The summed E-state index contributed by atoms with van der Waals surface area (Å²) in [5.41, 5.74) is 0.681. The SMILES string of the molecule is CC(C)Cc1c(F)cnc2nc(Cn3cccc(NC(=O)C(CCC=CC(=O)N(C)C)NC(=O)O)c3=O)[nH]c12. The third-order valence-corrected chi connectivity index (χ3v) is 5.77. The highest BCUT2D eigenvalue weighted by Gasteiger charge is 2.21. The van der Waals surface area contributed by atoms with E-state index in [2.05, 4.69) is 25.6 Å². The Hall–Kier alpha value is -4.55. The number of carbonyl (C=O) groups is 3. The molecule has 12 nitrogen and oxygen atoms in total. The van der Waals surface area contributed by atoms with Gasteiger partial charge < -0.3 is 30.2 Å². The van der Waals surface area contributed by atoms with Crippen LogP contribution in [0.25, 0.3) is 11.2 Å². The van der Waals surface area contributed by atoms with Gasteiger partial charge in [-0.05, 0) is 43.4 Å². The third kappa shape index (κ3) is 7.72. The summed E-state index contributed by atoms with van der Waals surface area (Å²) in [6.45, 7) is 3.95. The summed E-state index contributed by atoms with van der Waals surface area (Å²) in [6.07, 6.45) is 4.91. The highest BCUT2D eigenvalue weighted by atomic mass is 19.1. The molecule has 0 aliphatic carbocycles. The van der Waals surface area contributed by atoms with E-state index in [-0.39, 0.29) is 36.9 Å². The van der Waals surface area contributed by atoms with Crippen molar-refractivity contribution in [3.63, 3.8) is 0 Å². The maximum absolute atomic E-state index is 14.4. The van der Waals surface area contributed by atoms with Crippen LogP contribution in [0.2, 0.25) is 0 Å². The van der Waals surface area contributed by atoms with Gasteiger partial charge in [-0.1, -0.05) is 19.9 Å². The Labute approximate surface area is 223 Å². The number of halogens is 1. The number of hydrogen-bond acceptors (Lipinski definition) is 6. The number of pyridine rings is 2. The number of likely N-dealkylation sites (N-methyl/N-ethyl adjacent to an activating group) is 1. The number of rotatable bonds is 11. The number of carbonyl (C=O) groups excluding carboxylic acids is 2. The molecule has 0 aromatic carbocycles. The third-order valence-electron chi connectivity index (χ3n) is 5.77. The van der Waals surface area contributed by atoms with Gasteiger partial charge in [0.25, 0.3) is 5.56 Å². The lowest BCUT2D eigenvalue weighted by atomic mass is 10.0. The number of hydrogen-bond donors (Lipinski definition) is 4. The topological polar surface area (TPSA) is 162 Å². The molecule has 39 heavy (non-hydrogen) atoms. The van der Waals surface area contributed by atoms with Gasteiger partial charge in [0.2, 0.25) is 11.8 Å². The molecule has 0 fully saturated rings. The molecule has 0 saturated heterocycles. The monoisotopic (exact) mass is 541 g/mol. The van der Waals surface area contributed by atoms with Gasteiger partial charge in [-0.25, -0.2) is 19.2 Å². The van der Waals surface area contributed by atoms with Crippen molar-refractivity contribution >= 4 is 34.8 Å². The molecule has 0 aliphatic heterocycles. The maximum atomic E-state index is 14.4. The van der Waals surface area contributed by atoms with Gasteiger partial charge >= 0.3 is 6.09 Å². The molecule has 0 saturated carbocycles. The van der Waals surface area contributed by atoms with Crippen molar-refractivity contribution in [1.29, 1.82) is 0 Å². The Morgan fingerprint density at radius 1 is 1.28 bits per heavy atom.